The minimum atomic E-state index is -9.13. The molecule has 0 aliphatic rings. The Morgan fingerprint density at radius 2 is 0.323 bits per heavy atom. The molecule has 0 aromatic rings. The van der Waals surface area contributed by atoms with E-state index in [1.807, 2.05) is 0 Å². The fourth-order valence-corrected chi connectivity index (χ4v) is 2.04. The van der Waals surface area contributed by atoms with Gasteiger partial charge >= 0.3 is 54.1 Å². The van der Waals surface area contributed by atoms with Gasteiger partial charge in [0, 0.05) is 0 Å². The fraction of sp³-hybridized carbons (Fsp3) is 0.900. The highest BCUT2D eigenvalue weighted by atomic mass is 19.5. The third kappa shape index (κ3) is 4.04. The maximum Gasteiger partial charge on any atom is 0.432 e. The predicted molar refractivity (Wildman–Crippen MR) is 51.1 cm³/mol. The predicted octanol–water partition coefficient (Wildman–Crippen LogP) is 7.06. The lowest BCUT2D eigenvalue weighted by molar-refractivity contribution is -0.418. The van der Waals surface area contributed by atoms with E-state index in [1.165, 1.54) is 0 Å². The first-order valence-electron chi connectivity index (χ1n) is 6.22. The monoisotopic (exact) mass is 519 g/mol. The fourth-order valence-electron chi connectivity index (χ4n) is 2.04. The van der Waals surface area contributed by atoms with Crippen LogP contribution in [0.3, 0.4) is 0 Å². The van der Waals surface area contributed by atoms with Crippen LogP contribution < -0.4 is 0 Å². The molecule has 0 nitrogen and oxygen atoms in total. The minimum absolute atomic E-state index is 6.98. The zero-order valence-electron chi connectivity index (χ0n) is 12.9. The second kappa shape index (κ2) is 7.01. The van der Waals surface area contributed by atoms with Crippen LogP contribution >= 0.6 is 0 Å². The quantitative estimate of drug-likeness (QED) is 0.351. The van der Waals surface area contributed by atoms with E-state index in [4.69, 9.17) is 0 Å². The van der Waals surface area contributed by atoms with Crippen LogP contribution in [0, 0.1) is 5.92 Å². The third-order valence-corrected chi connectivity index (χ3v) is 3.38. The highest BCUT2D eigenvalue weighted by Crippen LogP contribution is 2.70. The summed E-state index contributed by atoms with van der Waals surface area (Å²) in [5.41, 5.74) is -27.4. The van der Waals surface area contributed by atoms with Gasteiger partial charge in [0.15, 0.2) is 0 Å². The van der Waals surface area contributed by atoms with Crippen molar-refractivity contribution in [2.24, 2.45) is 0 Å². The van der Waals surface area contributed by atoms with E-state index in [-0.39, 0.29) is 0 Å². The summed E-state index contributed by atoms with van der Waals surface area (Å²) in [6.07, 6.45) is -52.0. The Balaban J connectivity index is 8.29. The van der Waals surface area contributed by atoms with Gasteiger partial charge in [0.2, 0.25) is 0 Å². The van der Waals surface area contributed by atoms with Crippen LogP contribution in [0.5, 0.6) is 0 Å². The Kier molecular flexibility index (Phi) is 6.68. The van der Waals surface area contributed by atoms with Crippen LogP contribution in [0.2, 0.25) is 0 Å². The van der Waals surface area contributed by atoms with Crippen molar-refractivity contribution in [1.82, 2.24) is 0 Å². The highest BCUT2D eigenvalue weighted by Gasteiger charge is 2.98. The van der Waals surface area contributed by atoms with Crippen LogP contribution in [0.25, 0.3) is 0 Å². The molecule has 0 rings (SSSR count). The Labute approximate surface area is 153 Å². The molecule has 0 saturated carbocycles. The summed E-state index contributed by atoms with van der Waals surface area (Å²) in [5, 5.41) is 0. The molecule has 21 heteroatoms. The van der Waals surface area contributed by atoms with Crippen LogP contribution in [0.1, 0.15) is 0 Å². The topological polar surface area (TPSA) is 0 Å². The molecule has 0 aliphatic heterocycles. The van der Waals surface area contributed by atoms with E-state index in [0.29, 0.717) is 0 Å². The SMILES string of the molecule is FC(F)(F)C(F)([C](C(F)(C(F)(F)F)C(F)(F)F)C(F)(C(F)(F)F)C(F)(F)F)C(F)(F)F. The smallest absolute Gasteiger partial charge is 0.223 e. The second-order valence-corrected chi connectivity index (χ2v) is 5.34. The molecule has 0 spiro atoms. The molecule has 0 aliphatic carbocycles. The first-order chi connectivity index (χ1) is 12.9. The summed E-state index contributed by atoms with van der Waals surface area (Å²) in [4.78, 5) is 0. The minimum Gasteiger partial charge on any atom is -0.223 e. The zero-order valence-corrected chi connectivity index (χ0v) is 12.9. The van der Waals surface area contributed by atoms with Gasteiger partial charge in [-0.3, -0.25) is 0 Å². The van der Waals surface area contributed by atoms with E-state index in [0.717, 1.165) is 0 Å². The number of hydrogen-bond donors (Lipinski definition) is 0. The number of halogens is 21. The normalized spacial score (nSPS) is 16.8. The van der Waals surface area contributed by atoms with Crippen molar-refractivity contribution in [2.75, 3.05) is 0 Å². The van der Waals surface area contributed by atoms with Crippen molar-refractivity contribution < 1.29 is 92.2 Å². The number of alkyl halides is 21. The third-order valence-electron chi connectivity index (χ3n) is 3.38. The molecule has 0 aromatic heterocycles. The molecule has 0 bridgehead atoms. The lowest BCUT2D eigenvalue weighted by Gasteiger charge is -2.49. The number of rotatable bonds is 3. The van der Waals surface area contributed by atoms with E-state index in [2.05, 4.69) is 0 Å². The molecule has 0 atom stereocenters. The lowest BCUT2D eigenvalue weighted by atomic mass is 9.65. The molecular weight excluding hydrogens is 519 g/mol. The van der Waals surface area contributed by atoms with Gasteiger partial charge in [-0.25, -0.2) is 13.2 Å². The first kappa shape index (κ1) is 29.5. The van der Waals surface area contributed by atoms with Crippen LogP contribution in [0.15, 0.2) is 0 Å². The van der Waals surface area contributed by atoms with Gasteiger partial charge in [0.25, 0.3) is 0 Å². The van der Waals surface area contributed by atoms with Crippen molar-refractivity contribution in [3.05, 3.63) is 5.92 Å². The standard InChI is InChI=1S/C10F21/c11-2(5(14,15)16,6(17,18)19)1(3(12,7(20,21)22)8(23,24)25)4(13,9(26,27)28)10(29,30)31. The Hall–Kier alpha value is -1.47. The van der Waals surface area contributed by atoms with E-state index >= 15 is 0 Å². The van der Waals surface area contributed by atoms with Crippen molar-refractivity contribution >= 4 is 0 Å². The van der Waals surface area contributed by atoms with Crippen molar-refractivity contribution in [1.29, 1.82) is 0 Å². The summed E-state index contributed by atoms with van der Waals surface area (Å²) in [6.45, 7) is 0. The van der Waals surface area contributed by atoms with Crippen LogP contribution in [-0.2, 0) is 0 Å². The van der Waals surface area contributed by atoms with E-state index < -0.39 is 60.0 Å². The molecule has 0 aromatic carbocycles. The summed E-state index contributed by atoms with van der Waals surface area (Å²) in [7, 11) is 0. The number of hydrogen-bond acceptors (Lipinski definition) is 0. The van der Waals surface area contributed by atoms with Gasteiger partial charge in [0.05, 0.1) is 0 Å². The van der Waals surface area contributed by atoms with E-state index in [9.17, 15) is 92.2 Å². The van der Waals surface area contributed by atoms with Gasteiger partial charge < -0.3 is 0 Å². The molecule has 0 unspecified atom stereocenters. The molecule has 1 radical (unpaired) electrons. The Morgan fingerprint density at radius 1 is 0.226 bits per heavy atom. The maximum atomic E-state index is 13.8. The van der Waals surface area contributed by atoms with Crippen LogP contribution in [0.4, 0.5) is 92.2 Å². The summed E-state index contributed by atoms with van der Waals surface area (Å²) in [5.74, 6) is -6.98. The average molecular weight is 519 g/mol. The molecule has 0 N–H and O–H groups in total. The lowest BCUT2D eigenvalue weighted by Crippen LogP contribution is -2.78. The maximum absolute atomic E-state index is 13.8. The van der Waals surface area contributed by atoms with Crippen LogP contribution in [-0.4, -0.2) is 54.1 Å². The molecule has 31 heavy (non-hydrogen) atoms. The Bertz CT molecular complexity index is 498. The van der Waals surface area contributed by atoms with Gasteiger partial charge in [-0.1, -0.05) is 0 Å². The average Bonchev–Trinajstić information content (AvgIpc) is 2.39. The largest absolute Gasteiger partial charge is 0.432 e. The van der Waals surface area contributed by atoms with Gasteiger partial charge in [-0.15, -0.1) is 0 Å². The summed E-state index contributed by atoms with van der Waals surface area (Å²) in [6, 6.07) is 0. The molecule has 0 heterocycles. The molecule has 0 fully saturated rings. The van der Waals surface area contributed by atoms with Gasteiger partial charge in [0.1, 0.15) is 5.92 Å². The van der Waals surface area contributed by atoms with Gasteiger partial charge in [-0.05, 0) is 0 Å². The molecule has 187 valence electrons. The summed E-state index contributed by atoms with van der Waals surface area (Å²) < 4.78 is 267. The van der Waals surface area contributed by atoms with Gasteiger partial charge in [-0.2, -0.15) is 79.0 Å². The zero-order chi connectivity index (χ0) is 26.1. The van der Waals surface area contributed by atoms with E-state index in [1.54, 1.807) is 0 Å². The van der Waals surface area contributed by atoms with Crippen molar-refractivity contribution in [3.8, 4) is 0 Å². The van der Waals surface area contributed by atoms with Crippen molar-refractivity contribution in [3.63, 3.8) is 0 Å². The van der Waals surface area contributed by atoms with Crippen molar-refractivity contribution in [2.45, 2.75) is 54.1 Å². The second-order valence-electron chi connectivity index (χ2n) is 5.34. The first-order valence-corrected chi connectivity index (χ1v) is 6.22. The summed E-state index contributed by atoms with van der Waals surface area (Å²) >= 11 is 0. The molecule has 0 saturated heterocycles. The molecular formula is C10F21. The highest BCUT2D eigenvalue weighted by molar-refractivity contribution is 5.40. The molecule has 0 amide bonds. The Morgan fingerprint density at radius 3 is 0.387 bits per heavy atom.